The highest BCUT2D eigenvalue weighted by Crippen LogP contribution is 2.43. The summed E-state index contributed by atoms with van der Waals surface area (Å²) in [5.41, 5.74) is 6.70. The summed E-state index contributed by atoms with van der Waals surface area (Å²) in [6.07, 6.45) is 3.02. The number of rotatable bonds is 6. The lowest BCUT2D eigenvalue weighted by Crippen LogP contribution is -2.21. The van der Waals surface area contributed by atoms with Crippen molar-refractivity contribution in [3.8, 4) is 0 Å². The van der Waals surface area contributed by atoms with E-state index in [4.69, 9.17) is 0 Å². The van der Waals surface area contributed by atoms with Gasteiger partial charge in [0, 0.05) is 10.1 Å². The molecule has 1 aliphatic heterocycles. The minimum atomic E-state index is 0.132. The first kappa shape index (κ1) is 21.6. The second kappa shape index (κ2) is 9.57. The molecule has 0 aromatic heterocycles. The first-order valence-corrected chi connectivity index (χ1v) is 12.0. The molecular formula is C24H25I2NO. The summed E-state index contributed by atoms with van der Waals surface area (Å²) in [5, 5.41) is 0. The Labute approximate surface area is 195 Å². The molecule has 2 aromatic rings. The molecular weight excluding hydrogens is 572 g/mol. The Kier molecular flexibility index (Phi) is 7.36. The molecule has 4 heteroatoms. The molecule has 146 valence electrons. The molecule has 1 aliphatic rings. The molecule has 0 bridgehead atoms. The van der Waals surface area contributed by atoms with Gasteiger partial charge in [0.1, 0.15) is 5.70 Å². The maximum absolute atomic E-state index is 13.3. The molecule has 0 fully saturated rings. The molecule has 3 rings (SSSR count). The Balaban J connectivity index is 2.08. The molecule has 0 unspecified atom stereocenters. The maximum atomic E-state index is 13.3. The van der Waals surface area contributed by atoms with Crippen LogP contribution in [0.2, 0.25) is 0 Å². The topological polar surface area (TPSA) is 20.3 Å². The number of hydrogen-bond acceptors (Lipinski definition) is 2. The number of carbonyl (C=O) groups excluding carboxylic acids is 1. The molecule has 2 nitrogen and oxygen atoms in total. The monoisotopic (exact) mass is 597 g/mol. The summed E-state index contributed by atoms with van der Waals surface area (Å²) in [5.74, 6) is 0.132. The molecule has 2 aromatic carbocycles. The molecule has 0 aliphatic carbocycles. The van der Waals surface area contributed by atoms with Gasteiger partial charge in [0.15, 0.2) is 0 Å². The van der Waals surface area contributed by atoms with E-state index in [0.29, 0.717) is 0 Å². The van der Waals surface area contributed by atoms with E-state index in [0.717, 1.165) is 55.5 Å². The average molecular weight is 597 g/mol. The van der Waals surface area contributed by atoms with Gasteiger partial charge in [-0.05, 0) is 86.7 Å². The van der Waals surface area contributed by atoms with E-state index in [1.165, 1.54) is 11.1 Å². The number of allylic oxidation sites excluding steroid dienone is 1. The van der Waals surface area contributed by atoms with Gasteiger partial charge in [0.2, 0.25) is 5.78 Å². The number of ketones is 1. The van der Waals surface area contributed by atoms with Gasteiger partial charge in [-0.1, -0.05) is 69.3 Å². The van der Waals surface area contributed by atoms with Gasteiger partial charge in [-0.25, -0.2) is 0 Å². The Morgan fingerprint density at radius 3 is 1.93 bits per heavy atom. The summed E-state index contributed by atoms with van der Waals surface area (Å²) in [4.78, 5) is 15.5. The zero-order valence-electron chi connectivity index (χ0n) is 16.6. The Morgan fingerprint density at radius 2 is 1.43 bits per heavy atom. The molecule has 0 saturated carbocycles. The van der Waals surface area contributed by atoms with Gasteiger partial charge < -0.3 is 4.90 Å². The van der Waals surface area contributed by atoms with Gasteiger partial charge in [0.05, 0.1) is 9.28 Å². The number of nitrogens with zero attached hydrogens (tertiary/aromatic N) is 1. The molecule has 0 radical (unpaired) electrons. The van der Waals surface area contributed by atoms with Gasteiger partial charge >= 0.3 is 0 Å². The number of Topliss-reactive ketones (excluding diaryl/α,β-unsaturated/α-hetero) is 1. The van der Waals surface area contributed by atoms with Crippen LogP contribution in [-0.2, 0) is 17.6 Å². The van der Waals surface area contributed by atoms with E-state index in [2.05, 4.69) is 119 Å². The smallest absolute Gasteiger partial charge is 0.218 e. The first-order chi connectivity index (χ1) is 13.5. The molecule has 0 N–H and O–H groups in total. The Bertz CT molecular complexity index is 924. The third-order valence-electron chi connectivity index (χ3n) is 5.07. The lowest BCUT2D eigenvalue weighted by atomic mass is 10.1. The fraction of sp³-hybridized carbons (Fsp3) is 0.292. The standard InChI is InChI=1S/C24H25I2NO/c1-4-15-27-22(19-13-9-17(6-3)10-14-19)21(26)24(28)23(27)20(25)18-11-7-16(5-2)8-12-18/h7-14H,4-6,15H2,1-3H3/b23-20+. The second-order valence-corrected chi connectivity index (χ2v) is 9.06. The van der Waals surface area contributed by atoms with Crippen LogP contribution >= 0.6 is 45.2 Å². The largest absolute Gasteiger partial charge is 0.336 e. The zero-order chi connectivity index (χ0) is 20.3. The summed E-state index contributed by atoms with van der Waals surface area (Å²) in [6.45, 7) is 7.31. The minimum Gasteiger partial charge on any atom is -0.336 e. The third kappa shape index (κ3) is 4.22. The summed E-state index contributed by atoms with van der Waals surface area (Å²) in [7, 11) is 0. The highest BCUT2D eigenvalue weighted by atomic mass is 127. The number of benzene rings is 2. The van der Waals surface area contributed by atoms with E-state index in [9.17, 15) is 4.79 Å². The van der Waals surface area contributed by atoms with Crippen LogP contribution in [0.3, 0.4) is 0 Å². The maximum Gasteiger partial charge on any atom is 0.218 e. The van der Waals surface area contributed by atoms with Crippen molar-refractivity contribution in [3.05, 3.63) is 80.1 Å². The van der Waals surface area contributed by atoms with Crippen molar-refractivity contribution in [1.82, 2.24) is 4.90 Å². The van der Waals surface area contributed by atoms with Crippen molar-refractivity contribution in [2.45, 2.75) is 40.0 Å². The first-order valence-electron chi connectivity index (χ1n) is 9.82. The van der Waals surface area contributed by atoms with Crippen molar-refractivity contribution >= 4 is 60.2 Å². The van der Waals surface area contributed by atoms with Crippen LogP contribution in [0.5, 0.6) is 0 Å². The number of halogens is 2. The quantitative estimate of drug-likeness (QED) is 0.264. The van der Waals surface area contributed by atoms with Gasteiger partial charge in [-0.15, -0.1) is 0 Å². The Hall–Kier alpha value is -1.15. The minimum absolute atomic E-state index is 0.132. The summed E-state index contributed by atoms with van der Waals surface area (Å²) >= 11 is 4.57. The van der Waals surface area contributed by atoms with Crippen LogP contribution in [0.1, 0.15) is 49.4 Å². The predicted octanol–water partition coefficient (Wildman–Crippen LogP) is 7.01. The van der Waals surface area contributed by atoms with Crippen LogP contribution < -0.4 is 0 Å². The lowest BCUT2D eigenvalue weighted by Gasteiger charge is -2.24. The highest BCUT2D eigenvalue weighted by molar-refractivity contribution is 14.1. The van der Waals surface area contributed by atoms with Crippen molar-refractivity contribution in [1.29, 1.82) is 0 Å². The van der Waals surface area contributed by atoms with Crippen molar-refractivity contribution in [2.24, 2.45) is 0 Å². The SMILES string of the molecule is CCCN1C(c2ccc(CC)cc2)=C(I)C(=O)/C1=C(\I)c1ccc(CC)cc1. The average Bonchev–Trinajstić information content (AvgIpc) is 2.98. The molecule has 0 atom stereocenters. The van der Waals surface area contributed by atoms with Crippen LogP contribution in [0.25, 0.3) is 9.28 Å². The van der Waals surface area contributed by atoms with E-state index in [1.54, 1.807) is 0 Å². The highest BCUT2D eigenvalue weighted by Gasteiger charge is 2.36. The molecule has 28 heavy (non-hydrogen) atoms. The van der Waals surface area contributed by atoms with Crippen LogP contribution in [0.4, 0.5) is 0 Å². The van der Waals surface area contributed by atoms with Crippen LogP contribution in [-0.4, -0.2) is 17.2 Å². The molecule has 0 spiro atoms. The summed E-state index contributed by atoms with van der Waals surface area (Å²) < 4.78 is 1.83. The fourth-order valence-corrected chi connectivity index (χ4v) is 5.19. The third-order valence-corrected chi connectivity index (χ3v) is 7.20. The summed E-state index contributed by atoms with van der Waals surface area (Å²) in [6, 6.07) is 17.2. The van der Waals surface area contributed by atoms with Crippen LogP contribution in [0.15, 0.2) is 57.8 Å². The van der Waals surface area contributed by atoms with E-state index >= 15 is 0 Å². The predicted molar refractivity (Wildman–Crippen MR) is 136 cm³/mol. The van der Waals surface area contributed by atoms with Gasteiger partial charge in [0.25, 0.3) is 0 Å². The van der Waals surface area contributed by atoms with Crippen molar-refractivity contribution < 1.29 is 4.79 Å². The normalized spacial score (nSPS) is 16.2. The van der Waals surface area contributed by atoms with Gasteiger partial charge in [-0.3, -0.25) is 4.79 Å². The Morgan fingerprint density at radius 1 is 0.893 bits per heavy atom. The fourth-order valence-electron chi connectivity index (χ4n) is 3.43. The zero-order valence-corrected chi connectivity index (χ0v) is 20.9. The van der Waals surface area contributed by atoms with Crippen LogP contribution in [0, 0.1) is 0 Å². The van der Waals surface area contributed by atoms with E-state index in [1.807, 2.05) is 0 Å². The molecule has 0 saturated heterocycles. The number of carbonyl (C=O) groups is 1. The molecule has 0 amide bonds. The molecule has 1 heterocycles. The van der Waals surface area contributed by atoms with E-state index < -0.39 is 0 Å². The van der Waals surface area contributed by atoms with Crippen molar-refractivity contribution in [3.63, 3.8) is 0 Å². The second-order valence-electron chi connectivity index (χ2n) is 6.91. The van der Waals surface area contributed by atoms with Gasteiger partial charge in [-0.2, -0.15) is 0 Å². The van der Waals surface area contributed by atoms with Crippen molar-refractivity contribution in [2.75, 3.05) is 6.54 Å². The van der Waals surface area contributed by atoms with E-state index in [-0.39, 0.29) is 5.78 Å². The number of aryl methyl sites for hydroxylation is 2. The number of hydrogen-bond donors (Lipinski definition) is 0. The lowest BCUT2D eigenvalue weighted by molar-refractivity contribution is -0.111.